The first-order valence-corrected chi connectivity index (χ1v) is 5.42. The Kier molecular flexibility index (Phi) is 3.12. The number of anilines is 1. The van der Waals surface area contributed by atoms with Gasteiger partial charge in [-0.05, 0) is 0 Å². The summed E-state index contributed by atoms with van der Waals surface area (Å²) in [5.74, 6) is 0. The van der Waals surface area contributed by atoms with Crippen LogP contribution in [-0.2, 0) is 10.0 Å². The van der Waals surface area contributed by atoms with Crippen LogP contribution in [-0.4, -0.2) is 13.4 Å². The summed E-state index contributed by atoms with van der Waals surface area (Å²) in [6.45, 7) is 0. The molecular weight excluding hydrogens is 252 g/mol. The summed E-state index contributed by atoms with van der Waals surface area (Å²) in [4.78, 5) is 2.26. The first-order chi connectivity index (χ1) is 6.75. The molecule has 84 valence electrons. The van der Waals surface area contributed by atoms with Crippen LogP contribution < -0.4 is 10.9 Å². The molecule has 0 spiro atoms. The molecular formula is C6H6ClF2N3O2S. The topological polar surface area (TPSA) is 99.1 Å². The fourth-order valence-corrected chi connectivity index (χ4v) is 2.19. The van der Waals surface area contributed by atoms with Crippen LogP contribution in [0.2, 0.25) is 5.02 Å². The molecule has 0 saturated carbocycles. The van der Waals surface area contributed by atoms with E-state index < -0.39 is 32.1 Å². The van der Waals surface area contributed by atoms with Crippen LogP contribution in [0.25, 0.3) is 0 Å². The number of sulfonamides is 1. The molecule has 9 heteroatoms. The van der Waals surface area contributed by atoms with Crippen molar-refractivity contribution in [3.05, 3.63) is 16.9 Å². The highest BCUT2D eigenvalue weighted by Crippen LogP contribution is 2.32. The van der Waals surface area contributed by atoms with Crippen LogP contribution >= 0.6 is 11.6 Å². The van der Waals surface area contributed by atoms with Gasteiger partial charge < -0.3 is 5.73 Å². The molecule has 4 N–H and O–H groups in total. The fourth-order valence-electron chi connectivity index (χ4n) is 0.924. The minimum Gasteiger partial charge on any atom is -0.396 e. The van der Waals surface area contributed by atoms with E-state index in [-0.39, 0.29) is 5.69 Å². The molecule has 1 heterocycles. The van der Waals surface area contributed by atoms with Crippen molar-refractivity contribution in [1.82, 2.24) is 4.98 Å². The van der Waals surface area contributed by atoms with Crippen molar-refractivity contribution in [1.29, 1.82) is 0 Å². The molecule has 0 aliphatic rings. The van der Waals surface area contributed by atoms with E-state index in [0.717, 1.165) is 6.20 Å². The van der Waals surface area contributed by atoms with E-state index >= 15 is 0 Å². The molecule has 0 unspecified atom stereocenters. The molecule has 15 heavy (non-hydrogen) atoms. The average Bonchev–Trinajstić information content (AvgIpc) is 2.06. The molecule has 0 aliphatic carbocycles. The summed E-state index contributed by atoms with van der Waals surface area (Å²) < 4.78 is 46.8. The summed E-state index contributed by atoms with van der Waals surface area (Å²) in [6, 6.07) is 0. The van der Waals surface area contributed by atoms with Crippen molar-refractivity contribution < 1.29 is 17.2 Å². The molecule has 5 nitrogen and oxygen atoms in total. The normalized spacial score (nSPS) is 12.1. The van der Waals surface area contributed by atoms with E-state index in [4.69, 9.17) is 22.5 Å². The minimum atomic E-state index is -4.39. The van der Waals surface area contributed by atoms with Gasteiger partial charge in [0.25, 0.3) is 6.43 Å². The predicted octanol–water partition coefficient (Wildman–Crippen LogP) is 0.902. The van der Waals surface area contributed by atoms with Crippen LogP contribution in [0.4, 0.5) is 14.5 Å². The van der Waals surface area contributed by atoms with Crippen molar-refractivity contribution in [3.63, 3.8) is 0 Å². The lowest BCUT2D eigenvalue weighted by Gasteiger charge is -2.09. The van der Waals surface area contributed by atoms with Crippen LogP contribution in [0.3, 0.4) is 0 Å². The summed E-state index contributed by atoms with van der Waals surface area (Å²) in [7, 11) is -4.39. The summed E-state index contributed by atoms with van der Waals surface area (Å²) in [5, 5.41) is 4.18. The second-order valence-electron chi connectivity index (χ2n) is 2.59. The fraction of sp³-hybridized carbons (Fsp3) is 0.167. The summed E-state index contributed by atoms with van der Waals surface area (Å²) in [5.41, 5.74) is 3.99. The van der Waals surface area contributed by atoms with Gasteiger partial charge in [-0.3, -0.25) is 4.98 Å². The molecule has 1 rings (SSSR count). The molecule has 0 atom stereocenters. The van der Waals surface area contributed by atoms with Gasteiger partial charge in [-0.25, -0.2) is 22.3 Å². The lowest BCUT2D eigenvalue weighted by Crippen LogP contribution is -2.17. The molecule has 0 bridgehead atoms. The largest absolute Gasteiger partial charge is 0.396 e. The number of aromatic nitrogens is 1. The Bertz CT molecular complexity index is 491. The molecule has 1 aromatic heterocycles. The van der Waals surface area contributed by atoms with Crippen molar-refractivity contribution >= 4 is 27.3 Å². The average molecular weight is 258 g/mol. The highest BCUT2D eigenvalue weighted by molar-refractivity contribution is 7.89. The van der Waals surface area contributed by atoms with Gasteiger partial charge in [0.1, 0.15) is 10.6 Å². The molecule has 0 aliphatic heterocycles. The first kappa shape index (κ1) is 12.1. The Morgan fingerprint density at radius 1 is 1.47 bits per heavy atom. The van der Waals surface area contributed by atoms with Crippen LogP contribution in [0, 0.1) is 0 Å². The Labute approximate surface area is 89.1 Å². The Morgan fingerprint density at radius 2 is 2.00 bits per heavy atom. The lowest BCUT2D eigenvalue weighted by molar-refractivity contribution is 0.142. The predicted molar refractivity (Wildman–Crippen MR) is 50.0 cm³/mol. The Morgan fingerprint density at radius 3 is 2.40 bits per heavy atom. The van der Waals surface area contributed by atoms with Crippen molar-refractivity contribution in [2.75, 3.05) is 5.73 Å². The van der Waals surface area contributed by atoms with Gasteiger partial charge in [-0.15, -0.1) is 0 Å². The molecule has 1 aromatic rings. The van der Waals surface area contributed by atoms with E-state index in [1.807, 2.05) is 0 Å². The smallest absolute Gasteiger partial charge is 0.281 e. The molecule has 0 fully saturated rings. The Hall–Kier alpha value is -0.990. The highest BCUT2D eigenvalue weighted by Gasteiger charge is 2.26. The number of primary sulfonamides is 1. The number of hydrogen-bond acceptors (Lipinski definition) is 4. The number of rotatable bonds is 2. The number of halogens is 3. The maximum absolute atomic E-state index is 12.4. The van der Waals surface area contributed by atoms with Crippen LogP contribution in [0.5, 0.6) is 0 Å². The van der Waals surface area contributed by atoms with Crippen molar-refractivity contribution in [2.24, 2.45) is 5.14 Å². The zero-order chi connectivity index (χ0) is 11.8. The van der Waals surface area contributed by atoms with Gasteiger partial charge in [0.15, 0.2) is 0 Å². The van der Waals surface area contributed by atoms with E-state index in [0.29, 0.717) is 0 Å². The van der Waals surface area contributed by atoms with Gasteiger partial charge >= 0.3 is 0 Å². The summed E-state index contributed by atoms with van der Waals surface area (Å²) >= 11 is 5.47. The number of hydrogen-bond donors (Lipinski definition) is 2. The quantitative estimate of drug-likeness (QED) is 0.822. The number of nitrogens with two attached hydrogens (primary N) is 2. The van der Waals surface area contributed by atoms with Gasteiger partial charge in [0, 0.05) is 0 Å². The van der Waals surface area contributed by atoms with E-state index in [1.165, 1.54) is 0 Å². The van der Waals surface area contributed by atoms with Gasteiger partial charge in [0.2, 0.25) is 10.0 Å². The van der Waals surface area contributed by atoms with E-state index in [2.05, 4.69) is 4.98 Å². The number of alkyl halides is 2. The molecule has 0 saturated heterocycles. The number of nitrogens with zero attached hydrogens (tertiary/aromatic N) is 1. The third-order valence-electron chi connectivity index (χ3n) is 1.52. The number of nitrogen functional groups attached to an aromatic ring is 1. The zero-order valence-corrected chi connectivity index (χ0v) is 8.69. The monoisotopic (exact) mass is 257 g/mol. The van der Waals surface area contributed by atoms with Crippen LogP contribution in [0.1, 0.15) is 12.1 Å². The number of pyridine rings is 1. The second kappa shape index (κ2) is 3.87. The van der Waals surface area contributed by atoms with Crippen molar-refractivity contribution in [3.8, 4) is 0 Å². The minimum absolute atomic E-state index is 0.231. The van der Waals surface area contributed by atoms with Gasteiger partial charge in [0.05, 0.1) is 16.9 Å². The maximum Gasteiger partial charge on any atom is 0.281 e. The summed E-state index contributed by atoms with van der Waals surface area (Å²) in [6.07, 6.45) is -2.25. The third-order valence-corrected chi connectivity index (χ3v) is 3.02. The van der Waals surface area contributed by atoms with Gasteiger partial charge in [-0.2, -0.15) is 0 Å². The first-order valence-electron chi connectivity index (χ1n) is 3.50. The van der Waals surface area contributed by atoms with E-state index in [9.17, 15) is 17.2 Å². The third kappa shape index (κ3) is 2.33. The Balaban J connectivity index is 3.65. The van der Waals surface area contributed by atoms with Gasteiger partial charge in [-0.1, -0.05) is 11.6 Å². The van der Waals surface area contributed by atoms with Crippen molar-refractivity contribution in [2.45, 2.75) is 11.3 Å². The molecule has 0 aromatic carbocycles. The second-order valence-corrected chi connectivity index (χ2v) is 4.46. The van der Waals surface area contributed by atoms with Crippen LogP contribution in [0.15, 0.2) is 11.1 Å². The van der Waals surface area contributed by atoms with E-state index in [1.54, 1.807) is 0 Å². The molecule has 0 amide bonds. The lowest BCUT2D eigenvalue weighted by atomic mass is 10.3. The SMILES string of the molecule is Nc1cnc(C(F)F)c(S(N)(=O)=O)c1Cl. The zero-order valence-electron chi connectivity index (χ0n) is 7.12. The molecule has 0 radical (unpaired) electrons. The highest BCUT2D eigenvalue weighted by atomic mass is 35.5. The maximum atomic E-state index is 12.4. The standard InChI is InChI=1S/C6H6ClF2N3O2S/c7-3-2(10)1-12-4(6(8)9)5(3)15(11,13)14/h1,6H,10H2,(H2,11,13,14).